The van der Waals surface area contributed by atoms with Gasteiger partial charge in [-0.25, -0.2) is 4.98 Å². The van der Waals surface area contributed by atoms with E-state index in [4.69, 9.17) is 17.2 Å². The van der Waals surface area contributed by atoms with Crippen molar-refractivity contribution >= 4 is 129 Å². The molecular formula is C92H127N21O21S. The van der Waals surface area contributed by atoms with E-state index in [-0.39, 0.29) is 68.2 Å². The molecule has 17 amide bonds. The molecule has 0 aliphatic carbocycles. The lowest BCUT2D eigenvalue weighted by Gasteiger charge is -2.32. The monoisotopic (exact) mass is 1890 g/mol. The Kier molecular flexibility index (Phi) is 42.1. The van der Waals surface area contributed by atoms with E-state index in [0.717, 1.165) is 23.0 Å². The molecule has 1 aliphatic heterocycles. The number of carboxylic acids is 1. The highest BCUT2D eigenvalue weighted by molar-refractivity contribution is 8.00. The number of nitrogens with one attached hydrogen (secondary N) is 16. The number of imidazole rings is 1. The van der Waals surface area contributed by atoms with Crippen LogP contribution in [0.1, 0.15) is 137 Å². The maximum absolute atomic E-state index is 15.5. The van der Waals surface area contributed by atoms with Crippen LogP contribution in [0, 0.1) is 23.7 Å². The van der Waals surface area contributed by atoms with Crippen LogP contribution in [0.15, 0.2) is 122 Å². The first-order chi connectivity index (χ1) is 63.9. The van der Waals surface area contributed by atoms with E-state index in [9.17, 15) is 77.6 Å². The quantitative estimate of drug-likeness (QED) is 0.0256. The molecule has 15 atom stereocenters. The summed E-state index contributed by atoms with van der Waals surface area (Å²) in [6.07, 6.45) is -0.639. The SMILES string of the molecule is CC(C)C[C@@H]1NC(=O)[C@H](CCCCN)NC(=O)[C@@H](CC(C)C)NC(=O)[C@H](C)N(C)C(=O)[C@H](Cc2cnc[nH]2)NC(=O)[C@H](Cc2ccc(-c3ccccc3)cc2)NC(=O)[C@H](C(C)C)NC(=O)[C@H](Cc2c[nH]c3ccccc23)NC(=O)[C@H](CC(=O)O)NC(=O)[C@H](Cc2ccc(O)cc2)NC(=O)[C@H](CC(N)=O)NC(=O)CSC[C@@H](C(=O)NCC(N)=O)NC(=O)[C@H]([C@@H](C)O)NC(=O)[C@H](C(C)C)NC1=O. The Hall–Kier alpha value is -13.8. The Morgan fingerprint density at radius 1 is 0.489 bits per heavy atom. The van der Waals surface area contributed by atoms with Crippen molar-refractivity contribution in [1.29, 1.82) is 0 Å². The van der Waals surface area contributed by atoms with Crippen molar-refractivity contribution < 1.29 is 102 Å². The zero-order valence-corrected chi connectivity index (χ0v) is 78.2. The summed E-state index contributed by atoms with van der Waals surface area (Å²) in [5, 5.41) is 68.3. The number of carbonyl (C=O) groups is 18. The van der Waals surface area contributed by atoms with E-state index in [0.29, 0.717) is 45.9 Å². The third-order valence-electron chi connectivity index (χ3n) is 22.2. The summed E-state index contributed by atoms with van der Waals surface area (Å²) in [5.41, 5.74) is 20.5. The number of benzene rings is 4. The summed E-state index contributed by atoms with van der Waals surface area (Å²) in [5.74, 6) is -23.3. The van der Waals surface area contributed by atoms with Crippen molar-refractivity contribution in [1.82, 2.24) is 94.3 Å². The van der Waals surface area contributed by atoms with E-state index in [1.165, 1.54) is 64.6 Å². The average molecular weight is 1900 g/mol. The summed E-state index contributed by atoms with van der Waals surface area (Å²) < 4.78 is 0. The molecule has 732 valence electrons. The van der Waals surface area contributed by atoms with Crippen molar-refractivity contribution in [3.63, 3.8) is 0 Å². The molecule has 6 aromatic rings. The van der Waals surface area contributed by atoms with Gasteiger partial charge in [-0.2, -0.15) is 0 Å². The number of unbranched alkanes of at least 4 members (excludes halogenated alkanes) is 1. The fourth-order valence-corrected chi connectivity index (χ4v) is 15.6. The smallest absolute Gasteiger partial charge is 0.305 e. The Labute approximate surface area is 785 Å². The molecule has 4 aromatic carbocycles. The minimum atomic E-state index is -2.12. The molecule has 1 aliphatic rings. The maximum atomic E-state index is 15.5. The number of carboxylic acid groups (broad SMARTS) is 1. The third-order valence-corrected chi connectivity index (χ3v) is 23.3. The molecule has 0 radical (unpaired) electrons. The van der Waals surface area contributed by atoms with Crippen LogP contribution in [-0.4, -0.2) is 264 Å². The molecule has 1 fully saturated rings. The van der Waals surface area contributed by atoms with E-state index in [1.54, 1.807) is 96.3 Å². The number of phenols is 1. The normalized spacial score (nSPS) is 23.4. The Bertz CT molecular complexity index is 5110. The van der Waals surface area contributed by atoms with Crippen LogP contribution in [0.4, 0.5) is 0 Å². The number of likely N-dealkylation sites (N-methyl/N-ethyl adjacent to an activating group) is 1. The van der Waals surface area contributed by atoms with Gasteiger partial charge in [0.15, 0.2) is 0 Å². The standard InChI is InChI=1S/C92H127N21O21S/c1-47(2)33-63-82(124)101-62(23-17-18-32-93)81(123)103-64(34-48(3)4)87(129)111-77(50(7)8)90(132)112-78(52(10)114)91(133)109-71(80(122)98-43-73(95)117)44-135-45-74(118)100-68(39-72(94)116)85(127)104-65(36-54-26-30-59(115)31-27-54)83(125)106-69(40-75(119)120)86(128)105-67(37-57-41-97-61-22-16-15-21-60(57)61)88(130)110-76(49(5)6)89(131)107-66(35-53-24-28-56(29-25-53)55-19-13-12-14-20-55)84(126)108-70(38-58-42-96-46-99-58)92(134)113(11)51(9)79(121)102-63/h12-16,19-22,24-31,41-42,46-52,62-71,76-78,97,114-115H,17-18,23,32-40,43-45,93H2,1-11H3,(H2,94,116)(H2,95,117)(H,96,99)(H,98,122)(H,100,118)(H,101,124)(H,102,121)(H,103,123)(H,104,127)(H,105,128)(H,106,125)(H,107,131)(H,108,126)(H,109,133)(H,110,130)(H,111,129)(H,112,132)(H,119,120)/t51-,52+,62-,63+,64-,65-,66-,67-,68-,69-,70-,71-,76-,77-,78-/m0/s1. The number of para-hydroxylation sites is 1. The Morgan fingerprint density at radius 2 is 0.948 bits per heavy atom. The molecule has 42 nitrogen and oxygen atoms in total. The fraction of sp³-hybridized carbons (Fsp3) is 0.489. The number of rotatable bonds is 27. The largest absolute Gasteiger partial charge is 0.508 e. The number of hydrogen-bond acceptors (Lipinski definition) is 23. The molecule has 3 heterocycles. The van der Waals surface area contributed by atoms with Gasteiger partial charge in [-0.15, -0.1) is 11.8 Å². The Balaban J connectivity index is 1.33. The molecule has 25 N–H and O–H groups in total. The van der Waals surface area contributed by atoms with Gasteiger partial charge in [0, 0.05) is 67.5 Å². The van der Waals surface area contributed by atoms with E-state index < -0.39 is 253 Å². The number of fused-ring (bicyclic) bond motifs is 1. The van der Waals surface area contributed by atoms with Crippen LogP contribution >= 0.6 is 11.8 Å². The predicted molar refractivity (Wildman–Crippen MR) is 498 cm³/mol. The van der Waals surface area contributed by atoms with Crippen molar-refractivity contribution in [3.8, 4) is 16.9 Å². The second-order valence-corrected chi connectivity index (χ2v) is 36.0. The van der Waals surface area contributed by atoms with Crippen LogP contribution in [0.3, 0.4) is 0 Å². The van der Waals surface area contributed by atoms with Crippen molar-refractivity contribution in [2.24, 2.45) is 40.9 Å². The number of aromatic nitrogens is 3. The minimum Gasteiger partial charge on any atom is -0.508 e. The number of amides is 17. The third kappa shape index (κ3) is 34.3. The number of aromatic hydroxyl groups is 1. The van der Waals surface area contributed by atoms with Gasteiger partial charge in [0.05, 0.1) is 37.6 Å². The first-order valence-electron chi connectivity index (χ1n) is 44.6. The average Bonchev–Trinajstić information content (AvgIpc) is 1.73. The highest BCUT2D eigenvalue weighted by Gasteiger charge is 2.42. The summed E-state index contributed by atoms with van der Waals surface area (Å²) >= 11 is 0.616. The van der Waals surface area contributed by atoms with E-state index in [2.05, 4.69) is 89.4 Å². The second-order valence-electron chi connectivity index (χ2n) is 35.0. The lowest BCUT2D eigenvalue weighted by molar-refractivity contribution is -0.142. The number of primary amides is 2. The van der Waals surface area contributed by atoms with E-state index in [1.807, 2.05) is 30.3 Å². The number of phenolic OH excluding ortho intramolecular Hbond substituents is 1. The molecule has 7 rings (SSSR count). The molecule has 1 saturated heterocycles. The van der Waals surface area contributed by atoms with Gasteiger partial charge in [-0.1, -0.05) is 140 Å². The van der Waals surface area contributed by atoms with Crippen LogP contribution < -0.4 is 91.6 Å². The lowest BCUT2D eigenvalue weighted by atomic mass is 9.98. The minimum absolute atomic E-state index is 0.0312. The van der Waals surface area contributed by atoms with Crippen LogP contribution in [0.25, 0.3) is 22.0 Å². The van der Waals surface area contributed by atoms with Gasteiger partial charge >= 0.3 is 5.97 Å². The summed E-state index contributed by atoms with van der Waals surface area (Å²) in [7, 11) is 1.28. The van der Waals surface area contributed by atoms with Gasteiger partial charge in [0.25, 0.3) is 0 Å². The second kappa shape index (κ2) is 52.6. The van der Waals surface area contributed by atoms with Gasteiger partial charge in [0.2, 0.25) is 100 Å². The maximum Gasteiger partial charge on any atom is 0.305 e. The summed E-state index contributed by atoms with van der Waals surface area (Å²) in [4.78, 5) is 271. The van der Waals surface area contributed by atoms with Gasteiger partial charge in [-0.3, -0.25) is 86.3 Å². The van der Waals surface area contributed by atoms with E-state index >= 15 is 24.0 Å². The summed E-state index contributed by atoms with van der Waals surface area (Å²) in [6.45, 7) is 15.1. The van der Waals surface area contributed by atoms with Crippen LogP contribution in [0.2, 0.25) is 0 Å². The predicted octanol–water partition coefficient (Wildman–Crippen LogP) is -1.70. The van der Waals surface area contributed by atoms with Crippen molar-refractivity contribution in [3.05, 3.63) is 144 Å². The topological polar surface area (TPSA) is 662 Å². The molecule has 0 unspecified atom stereocenters. The fourth-order valence-electron chi connectivity index (χ4n) is 14.8. The van der Waals surface area contributed by atoms with Crippen LogP contribution in [-0.2, 0) is 112 Å². The first-order valence-corrected chi connectivity index (χ1v) is 45.7. The zero-order valence-electron chi connectivity index (χ0n) is 77.3. The van der Waals surface area contributed by atoms with Gasteiger partial charge < -0.3 is 122 Å². The number of aliphatic carboxylic acids is 1. The number of hydrogen-bond donors (Lipinski definition) is 22. The highest BCUT2D eigenvalue weighted by atomic mass is 32.2. The van der Waals surface area contributed by atoms with Gasteiger partial charge in [0.1, 0.15) is 90.3 Å². The van der Waals surface area contributed by atoms with Crippen molar-refractivity contribution in [2.45, 2.75) is 231 Å². The summed E-state index contributed by atoms with van der Waals surface area (Å²) in [6, 6.07) is 5.01. The molecule has 0 saturated carbocycles. The first kappa shape index (κ1) is 108. The molecule has 0 bridgehead atoms. The van der Waals surface area contributed by atoms with Crippen LogP contribution in [0.5, 0.6) is 5.75 Å². The van der Waals surface area contributed by atoms with Crippen molar-refractivity contribution in [2.75, 3.05) is 31.6 Å². The number of aliphatic hydroxyl groups is 1. The Morgan fingerprint density at radius 3 is 1.49 bits per heavy atom. The molecule has 135 heavy (non-hydrogen) atoms. The number of nitrogens with two attached hydrogens (primary N) is 3. The zero-order chi connectivity index (χ0) is 99.6. The lowest BCUT2D eigenvalue weighted by Crippen LogP contribution is -2.62. The number of aliphatic hydroxyl groups excluding tert-OH is 1. The molecule has 2 aromatic heterocycles. The molecule has 0 spiro atoms. The van der Waals surface area contributed by atoms with Gasteiger partial charge in [-0.05, 0) is 122 Å². The molecular weight excluding hydrogens is 1770 g/mol. The number of nitrogens with zero attached hydrogens (tertiary/aromatic N) is 2. The molecule has 43 heteroatoms. The number of thioether (sulfide) groups is 1. The number of H-pyrrole nitrogens is 2. The number of aromatic amines is 2. The highest BCUT2D eigenvalue weighted by Crippen LogP contribution is 2.24. The number of carbonyl (C=O) groups excluding carboxylic acids is 17.